The number of carbonyl (C=O) groups is 1. The lowest BCUT2D eigenvalue weighted by molar-refractivity contribution is -0.121. The second-order valence-electron chi connectivity index (χ2n) is 21.5. The van der Waals surface area contributed by atoms with Crippen molar-refractivity contribution in [2.75, 3.05) is 51.2 Å². The maximum Gasteiger partial charge on any atom is 0.386 e. The van der Waals surface area contributed by atoms with E-state index in [1.54, 1.807) is 0 Å². The summed E-state index contributed by atoms with van der Waals surface area (Å²) in [6, 6.07) is 0. The van der Waals surface area contributed by atoms with Crippen LogP contribution in [0.1, 0.15) is 66.0 Å². The third-order valence-electron chi connectivity index (χ3n) is 14.5. The lowest BCUT2D eigenvalue weighted by Gasteiger charge is -2.41. The third kappa shape index (κ3) is 11.7. The van der Waals surface area contributed by atoms with E-state index in [2.05, 4.69) is 106 Å². The molecule has 5 N–H and O–H groups in total. The molecule has 4 aromatic rings. The summed E-state index contributed by atoms with van der Waals surface area (Å²) in [5.41, 5.74) is 6.61. The van der Waals surface area contributed by atoms with Gasteiger partial charge in [-0.05, 0) is 53.4 Å². The number of aryl methyl sites for hydroxylation is 1. The molecule has 23 nitrogen and oxygen atoms in total. The van der Waals surface area contributed by atoms with Crippen molar-refractivity contribution in [2.24, 2.45) is 5.73 Å². The summed E-state index contributed by atoms with van der Waals surface area (Å²) in [4.78, 5) is 55.7. The monoisotopic (exact) mass is 1100 g/mol. The Morgan fingerprint density at radius 2 is 1.70 bits per heavy atom. The standard InChI is InChI=1S/C42H68N10O13P2S2Si2/c1-41(2,3)70(7,8)24-58-31-26-18-59-66(55,68)63-32-27(62-40(34(32)65-71(9,10)42(4,5)6)51-17-25-12-11-13-44-35-29(25)36(51)46-20-45-35)19-60-67(56,69)64-33(31)39(61-26)52-22-47-30-37(52)48-21-50(38(30)54)14-15-57-23-49-28(53)16-43/h17,20-22,26-27,31-34,39-40H,11-16,18-19,23-24,43H2,1-10H3,(H,49,53)(H,55,68)(H,56,69)(H,44,45,46)/t26-,27-,31-,32-,33-,34-,39-,40-,66?,67?/m1/s1. The molecule has 0 spiro atoms. The normalized spacial score (nSPS) is 30.0. The van der Waals surface area contributed by atoms with E-state index in [0.717, 1.165) is 30.3 Å². The van der Waals surface area contributed by atoms with Gasteiger partial charge in [-0.15, -0.1) is 0 Å². The van der Waals surface area contributed by atoms with Crippen LogP contribution in [-0.4, -0.2) is 143 Å². The fraction of sp³-hybridized carbons (Fsp3) is 0.714. The Hall–Kier alpha value is -2.54. The van der Waals surface area contributed by atoms with Crippen molar-refractivity contribution < 1.29 is 55.7 Å². The number of nitrogens with two attached hydrogens (primary N) is 1. The van der Waals surface area contributed by atoms with Gasteiger partial charge in [0.15, 0.2) is 31.9 Å². The Morgan fingerprint density at radius 3 is 2.42 bits per heavy atom. The summed E-state index contributed by atoms with van der Waals surface area (Å²) in [5, 5.41) is 6.40. The molecule has 3 saturated heterocycles. The molecule has 3 fully saturated rings. The minimum absolute atomic E-state index is 0.000714. The quantitative estimate of drug-likeness (QED) is 0.0381. The molecule has 0 aromatic carbocycles. The van der Waals surface area contributed by atoms with Crippen molar-refractivity contribution in [2.45, 2.75) is 146 Å². The molecule has 4 aliphatic rings. The first-order valence-corrected chi connectivity index (χ1v) is 35.1. The molecule has 29 heteroatoms. The van der Waals surface area contributed by atoms with E-state index >= 15 is 0 Å². The van der Waals surface area contributed by atoms with E-state index in [9.17, 15) is 19.0 Å². The first kappa shape index (κ1) is 54.7. The predicted molar refractivity (Wildman–Crippen MR) is 276 cm³/mol. The third-order valence-corrected chi connectivity index (χ3v) is 27.1. The summed E-state index contributed by atoms with van der Waals surface area (Å²) in [7, 11) is -4.85. The van der Waals surface area contributed by atoms with Gasteiger partial charge in [0, 0.05) is 19.0 Å². The number of fused-ring (bicyclic) bond motifs is 4. The van der Waals surface area contributed by atoms with Crippen molar-refractivity contribution in [3.05, 3.63) is 41.1 Å². The Morgan fingerprint density at radius 1 is 0.972 bits per heavy atom. The molecule has 0 radical (unpaired) electrons. The number of nitrogens with zero attached hydrogens (tertiary/aromatic N) is 7. The van der Waals surface area contributed by atoms with Gasteiger partial charge in [0.1, 0.15) is 67.5 Å². The van der Waals surface area contributed by atoms with Gasteiger partial charge in [-0.3, -0.25) is 32.3 Å². The number of anilines is 1. The fourth-order valence-corrected chi connectivity index (χ4v) is 13.6. The van der Waals surface area contributed by atoms with Crippen LogP contribution >= 0.6 is 25.8 Å². The van der Waals surface area contributed by atoms with Crippen molar-refractivity contribution in [1.29, 1.82) is 0 Å². The van der Waals surface area contributed by atoms with Crippen LogP contribution in [-0.2, 0) is 75.6 Å². The molecule has 4 aromatic heterocycles. The molecule has 1 amide bonds. The van der Waals surface area contributed by atoms with Crippen molar-refractivity contribution in [3.63, 3.8) is 0 Å². The first-order chi connectivity index (χ1) is 33.2. The van der Waals surface area contributed by atoms with Gasteiger partial charge in [-0.1, -0.05) is 66.9 Å². The minimum Gasteiger partial charge on any atom is -0.407 e. The van der Waals surface area contributed by atoms with Crippen LogP contribution in [0.3, 0.4) is 0 Å². The van der Waals surface area contributed by atoms with Gasteiger partial charge in [-0.2, -0.15) is 0 Å². The summed E-state index contributed by atoms with van der Waals surface area (Å²) < 4.78 is 78.1. The summed E-state index contributed by atoms with van der Waals surface area (Å²) >= 11 is 10.4. The van der Waals surface area contributed by atoms with E-state index in [1.807, 2.05) is 10.8 Å². The topological polar surface area (TPSA) is 271 Å². The van der Waals surface area contributed by atoms with Gasteiger partial charge in [0.25, 0.3) is 5.56 Å². The zero-order valence-corrected chi connectivity index (χ0v) is 47.3. The second kappa shape index (κ2) is 20.9. The fourth-order valence-electron chi connectivity index (χ4n) is 8.34. The van der Waals surface area contributed by atoms with E-state index in [0.29, 0.717) is 17.7 Å². The molecular weight excluding hydrogens is 1030 g/mol. The van der Waals surface area contributed by atoms with Crippen molar-refractivity contribution in [3.8, 4) is 0 Å². The lowest BCUT2D eigenvalue weighted by atomic mass is 10.1. The molecule has 8 rings (SSSR count). The highest BCUT2D eigenvalue weighted by molar-refractivity contribution is 8.44. The van der Waals surface area contributed by atoms with Crippen molar-refractivity contribution in [1.82, 2.24) is 39.0 Å². The van der Waals surface area contributed by atoms with Gasteiger partial charge in [0.2, 0.25) is 5.91 Å². The van der Waals surface area contributed by atoms with Gasteiger partial charge >= 0.3 is 13.5 Å². The Kier molecular flexibility index (Phi) is 16.1. The molecule has 4 aliphatic heterocycles. The summed E-state index contributed by atoms with van der Waals surface area (Å²) in [6.45, 7) is 12.6. The molecule has 394 valence electrons. The van der Waals surface area contributed by atoms with Crippen LogP contribution in [0.5, 0.6) is 0 Å². The molecular formula is C42H68N10O13P2S2Si2. The smallest absolute Gasteiger partial charge is 0.386 e. The number of ether oxygens (including phenoxy) is 4. The molecule has 0 saturated carbocycles. The Balaban J connectivity index is 1.15. The van der Waals surface area contributed by atoms with Gasteiger partial charge in [0.05, 0.1) is 52.7 Å². The average molecular weight is 1100 g/mol. The van der Waals surface area contributed by atoms with E-state index in [-0.39, 0.29) is 60.2 Å². The zero-order valence-electron chi connectivity index (χ0n) is 41.8. The predicted octanol–water partition coefficient (Wildman–Crippen LogP) is 5.14. The number of hydrogen-bond acceptors (Lipinski definition) is 19. The van der Waals surface area contributed by atoms with E-state index in [4.69, 9.17) is 64.0 Å². The highest BCUT2D eigenvalue weighted by Gasteiger charge is 2.56. The first-order valence-electron chi connectivity index (χ1n) is 23.7. The van der Waals surface area contributed by atoms with E-state index < -0.39 is 91.2 Å². The lowest BCUT2D eigenvalue weighted by Crippen LogP contribution is -2.49. The number of hydrogen-bond donors (Lipinski definition) is 5. The maximum absolute atomic E-state index is 14.8. The molecule has 10 atom stereocenters. The van der Waals surface area contributed by atoms with Crippen LogP contribution in [0.4, 0.5) is 5.82 Å². The highest BCUT2D eigenvalue weighted by Crippen LogP contribution is 2.59. The number of aromatic nitrogens is 7. The molecule has 71 heavy (non-hydrogen) atoms. The van der Waals surface area contributed by atoms with Gasteiger partial charge in [-0.25, -0.2) is 24.5 Å². The van der Waals surface area contributed by atoms with Crippen molar-refractivity contribution >= 4 is 87.9 Å². The van der Waals surface area contributed by atoms with Crippen LogP contribution in [0.15, 0.2) is 30.0 Å². The molecule has 2 bridgehead atoms. The number of amides is 1. The number of nitrogens with one attached hydrogen (secondary N) is 2. The minimum atomic E-state index is -4.37. The highest BCUT2D eigenvalue weighted by atomic mass is 32.7. The molecule has 2 unspecified atom stereocenters. The molecule has 8 heterocycles. The van der Waals surface area contributed by atoms with Crippen LogP contribution in [0.2, 0.25) is 36.3 Å². The average Bonchev–Trinajstić information content (AvgIpc) is 4.01. The number of carbonyl (C=O) groups excluding carboxylic acids is 1. The van der Waals surface area contributed by atoms with Crippen LogP contribution < -0.4 is 21.9 Å². The second-order valence-corrected chi connectivity index (χ2v) is 37.5. The van der Waals surface area contributed by atoms with E-state index in [1.165, 1.54) is 28.1 Å². The zero-order chi connectivity index (χ0) is 51.5. The summed E-state index contributed by atoms with van der Waals surface area (Å²) in [6.07, 6.45) is -0.379. The van der Waals surface area contributed by atoms with Crippen LogP contribution in [0.25, 0.3) is 22.2 Å². The number of rotatable bonds is 13. The number of imidazole rings is 1. The SMILES string of the molecule is CC(C)(C)[Si](C)(C)CO[C@H]1[C@H]2OP(O)(=S)OC[C@H]3O[C@@H](n4cc5c6c(ncnc64)NCCC5)[C@H](O[Si](C)(C)C(C)(C)C)[C@@H]3OP(=O)(S)OC[C@H]1O[C@H]2n1cnc2c(=O)n(CCOCNC(=O)CN)cnc21. The Bertz CT molecular complexity index is 2750. The number of thiol groups is 1. The maximum atomic E-state index is 14.8. The molecule has 0 aliphatic carbocycles. The van der Waals surface area contributed by atoms with Gasteiger partial charge < -0.3 is 53.7 Å². The summed E-state index contributed by atoms with van der Waals surface area (Å²) in [5.74, 6) is 0.328. The van der Waals surface area contributed by atoms with Crippen LogP contribution in [0, 0.1) is 0 Å². The Labute approximate surface area is 424 Å². The largest absolute Gasteiger partial charge is 0.407 e.